The van der Waals surface area contributed by atoms with Gasteiger partial charge in [-0.25, -0.2) is 9.97 Å². The molecule has 2 aliphatic rings. The Balaban J connectivity index is 1.31. The van der Waals surface area contributed by atoms with Crippen molar-refractivity contribution in [3.63, 3.8) is 0 Å². The van der Waals surface area contributed by atoms with Gasteiger partial charge in [-0.05, 0) is 25.5 Å². The average Bonchev–Trinajstić information content (AvgIpc) is 3.39. The van der Waals surface area contributed by atoms with E-state index in [1.165, 1.54) is 17.7 Å². The second-order valence-corrected chi connectivity index (χ2v) is 8.82. The normalized spacial score (nSPS) is 19.8. The fourth-order valence-corrected chi connectivity index (χ4v) is 5.00. The molecule has 2 fully saturated rings. The third-order valence-corrected chi connectivity index (χ3v) is 6.64. The van der Waals surface area contributed by atoms with Crippen molar-refractivity contribution >= 4 is 32.7 Å². The van der Waals surface area contributed by atoms with Gasteiger partial charge in [0.1, 0.15) is 23.2 Å². The maximum atomic E-state index is 12.9. The molecule has 0 spiro atoms. The summed E-state index contributed by atoms with van der Waals surface area (Å²) in [4.78, 5) is 30.5. The Kier molecular flexibility index (Phi) is 5.22. The molecule has 0 radical (unpaired) electrons. The van der Waals surface area contributed by atoms with Crippen molar-refractivity contribution in [1.29, 1.82) is 0 Å². The van der Waals surface area contributed by atoms with Crippen LogP contribution in [0.3, 0.4) is 0 Å². The monoisotopic (exact) mass is 424 g/mol. The van der Waals surface area contributed by atoms with Crippen LogP contribution in [0.25, 0.3) is 10.3 Å². The number of aromatic nitrogens is 3. The van der Waals surface area contributed by atoms with Crippen LogP contribution in [0.2, 0.25) is 0 Å². The molecule has 1 atom stereocenters. The highest BCUT2D eigenvalue weighted by Crippen LogP contribution is 2.36. The van der Waals surface area contributed by atoms with Gasteiger partial charge in [0.15, 0.2) is 10.8 Å². The van der Waals surface area contributed by atoms with E-state index in [2.05, 4.69) is 32.1 Å². The van der Waals surface area contributed by atoms with E-state index in [4.69, 9.17) is 9.72 Å². The number of amides is 1. The summed E-state index contributed by atoms with van der Waals surface area (Å²) in [6, 6.07) is 9.74. The van der Waals surface area contributed by atoms with Crippen molar-refractivity contribution in [2.24, 2.45) is 0 Å². The quantitative estimate of drug-likeness (QED) is 0.648. The maximum absolute atomic E-state index is 12.9. The summed E-state index contributed by atoms with van der Waals surface area (Å²) in [7, 11) is 2.07. The standard InChI is InChI=1S/C21H24N6O2S/c1-26-11-15(12-26)29-20-17-18(23-13-24-20)25-21(30-17)27-9-5-8-16(27)19(28)22-10-14-6-3-2-4-7-14/h2-4,6-7,13,15-16H,5,8-12H2,1H3,(H,22,28). The molecule has 0 saturated carbocycles. The molecule has 0 aliphatic carbocycles. The molecule has 9 heteroatoms. The first-order valence-electron chi connectivity index (χ1n) is 10.2. The van der Waals surface area contributed by atoms with Crippen molar-refractivity contribution in [2.75, 3.05) is 31.6 Å². The Hall–Kier alpha value is -2.78. The van der Waals surface area contributed by atoms with Gasteiger partial charge in [0.2, 0.25) is 11.8 Å². The minimum Gasteiger partial charge on any atom is -0.470 e. The number of hydrogen-bond donors (Lipinski definition) is 1. The summed E-state index contributed by atoms with van der Waals surface area (Å²) < 4.78 is 6.90. The number of anilines is 1. The van der Waals surface area contributed by atoms with Gasteiger partial charge in [0, 0.05) is 26.2 Å². The molecule has 2 aromatic heterocycles. The van der Waals surface area contributed by atoms with Gasteiger partial charge < -0.3 is 15.0 Å². The number of ether oxygens (including phenoxy) is 1. The van der Waals surface area contributed by atoms with Crippen LogP contribution in [0.1, 0.15) is 18.4 Å². The van der Waals surface area contributed by atoms with E-state index in [9.17, 15) is 4.79 Å². The number of hydrogen-bond acceptors (Lipinski definition) is 8. The minimum absolute atomic E-state index is 0.0377. The topological polar surface area (TPSA) is 83.5 Å². The van der Waals surface area contributed by atoms with Crippen LogP contribution in [0.4, 0.5) is 5.13 Å². The number of benzene rings is 1. The first-order chi connectivity index (χ1) is 14.7. The summed E-state index contributed by atoms with van der Waals surface area (Å²) >= 11 is 1.51. The van der Waals surface area contributed by atoms with E-state index >= 15 is 0 Å². The lowest BCUT2D eigenvalue weighted by Gasteiger charge is -2.35. The molecule has 2 aliphatic heterocycles. The van der Waals surface area contributed by atoms with E-state index < -0.39 is 0 Å². The molecule has 1 unspecified atom stereocenters. The summed E-state index contributed by atoms with van der Waals surface area (Å²) in [6.07, 6.45) is 3.43. The van der Waals surface area contributed by atoms with Gasteiger partial charge >= 0.3 is 0 Å². The van der Waals surface area contributed by atoms with E-state index in [-0.39, 0.29) is 18.1 Å². The van der Waals surface area contributed by atoms with Crippen LogP contribution in [-0.4, -0.2) is 64.6 Å². The van der Waals surface area contributed by atoms with Crippen molar-refractivity contribution < 1.29 is 9.53 Å². The van der Waals surface area contributed by atoms with E-state index in [0.717, 1.165) is 47.9 Å². The predicted octanol–water partition coefficient (Wildman–Crippen LogP) is 2.06. The summed E-state index contributed by atoms with van der Waals surface area (Å²) in [5.41, 5.74) is 1.72. The third-order valence-electron chi connectivity index (χ3n) is 5.57. The first-order valence-corrected chi connectivity index (χ1v) is 11.0. The van der Waals surface area contributed by atoms with Gasteiger partial charge in [-0.3, -0.25) is 9.69 Å². The first kappa shape index (κ1) is 19.2. The number of likely N-dealkylation sites (N-methyl/N-ethyl adjacent to an activating group) is 1. The number of likely N-dealkylation sites (tertiary alicyclic amines) is 1. The minimum atomic E-state index is -0.216. The highest BCUT2D eigenvalue weighted by molar-refractivity contribution is 7.22. The Morgan fingerprint density at radius 2 is 2.10 bits per heavy atom. The Labute approximate surface area is 178 Å². The molecular weight excluding hydrogens is 400 g/mol. The number of carbonyl (C=O) groups is 1. The van der Waals surface area contributed by atoms with Crippen LogP contribution in [-0.2, 0) is 11.3 Å². The molecule has 5 rings (SSSR count). The lowest BCUT2D eigenvalue weighted by molar-refractivity contribution is -0.122. The number of thiazole rings is 1. The molecule has 1 amide bonds. The van der Waals surface area contributed by atoms with Crippen molar-refractivity contribution in [1.82, 2.24) is 25.2 Å². The molecule has 30 heavy (non-hydrogen) atoms. The number of fused-ring (bicyclic) bond motifs is 1. The number of carbonyl (C=O) groups excluding carboxylic acids is 1. The lowest BCUT2D eigenvalue weighted by Crippen LogP contribution is -2.51. The summed E-state index contributed by atoms with van der Waals surface area (Å²) in [5, 5.41) is 3.87. The maximum Gasteiger partial charge on any atom is 0.243 e. The Bertz CT molecular complexity index is 1040. The molecule has 0 bridgehead atoms. The molecule has 3 aromatic rings. The van der Waals surface area contributed by atoms with Crippen molar-refractivity contribution in [3.8, 4) is 5.88 Å². The van der Waals surface area contributed by atoms with Crippen LogP contribution in [0.5, 0.6) is 5.88 Å². The predicted molar refractivity (Wildman–Crippen MR) is 116 cm³/mol. The molecule has 8 nitrogen and oxygen atoms in total. The lowest BCUT2D eigenvalue weighted by atomic mass is 10.2. The van der Waals surface area contributed by atoms with Crippen LogP contribution in [0, 0.1) is 0 Å². The van der Waals surface area contributed by atoms with Gasteiger partial charge in [-0.1, -0.05) is 41.7 Å². The molecule has 1 N–H and O–H groups in total. The summed E-state index contributed by atoms with van der Waals surface area (Å²) in [5.74, 6) is 0.627. The average molecular weight is 425 g/mol. The van der Waals surface area contributed by atoms with Gasteiger partial charge in [0.25, 0.3) is 0 Å². The highest BCUT2D eigenvalue weighted by atomic mass is 32.1. The molecule has 2 saturated heterocycles. The fraction of sp³-hybridized carbons (Fsp3) is 0.429. The number of nitrogens with one attached hydrogen (secondary N) is 1. The molecule has 156 valence electrons. The van der Waals surface area contributed by atoms with Crippen LogP contribution < -0.4 is 15.0 Å². The zero-order chi connectivity index (χ0) is 20.5. The molecular formula is C21H24N6O2S. The third kappa shape index (κ3) is 3.82. The zero-order valence-electron chi connectivity index (χ0n) is 16.8. The Morgan fingerprint density at radius 1 is 1.27 bits per heavy atom. The SMILES string of the molecule is CN1CC(Oc2ncnc3nc(N4CCCC4C(=O)NCc4ccccc4)sc23)C1. The highest BCUT2D eigenvalue weighted by Gasteiger charge is 2.33. The van der Waals surface area contributed by atoms with Crippen LogP contribution in [0.15, 0.2) is 36.7 Å². The van der Waals surface area contributed by atoms with Gasteiger partial charge in [-0.2, -0.15) is 4.98 Å². The van der Waals surface area contributed by atoms with Crippen LogP contribution >= 0.6 is 11.3 Å². The molecule has 1 aromatic carbocycles. The number of rotatable bonds is 6. The molecule has 4 heterocycles. The van der Waals surface area contributed by atoms with Gasteiger partial charge in [0.05, 0.1) is 0 Å². The smallest absolute Gasteiger partial charge is 0.243 e. The zero-order valence-corrected chi connectivity index (χ0v) is 17.6. The second kappa shape index (κ2) is 8.16. The van der Waals surface area contributed by atoms with E-state index in [1.807, 2.05) is 30.3 Å². The Morgan fingerprint density at radius 3 is 2.90 bits per heavy atom. The fourth-order valence-electron chi connectivity index (χ4n) is 3.97. The second-order valence-electron chi connectivity index (χ2n) is 7.84. The van der Waals surface area contributed by atoms with Crippen molar-refractivity contribution in [3.05, 3.63) is 42.2 Å². The van der Waals surface area contributed by atoms with Gasteiger partial charge in [-0.15, -0.1) is 0 Å². The summed E-state index contributed by atoms with van der Waals surface area (Å²) in [6.45, 7) is 3.13. The van der Waals surface area contributed by atoms with Crippen molar-refractivity contribution in [2.45, 2.75) is 31.5 Å². The number of nitrogens with zero attached hydrogens (tertiary/aromatic N) is 5. The largest absolute Gasteiger partial charge is 0.470 e. The van der Waals surface area contributed by atoms with E-state index in [0.29, 0.717) is 18.1 Å². The van der Waals surface area contributed by atoms with E-state index in [1.54, 1.807) is 0 Å².